The number of hydrogen-bond acceptors (Lipinski definition) is 5. The first kappa shape index (κ1) is 19.2. The Morgan fingerprint density at radius 3 is 2.73 bits per heavy atom. The molecule has 2 amide bonds. The third kappa shape index (κ3) is 5.19. The number of aromatic hydroxyl groups is 1. The van der Waals surface area contributed by atoms with Gasteiger partial charge in [0.1, 0.15) is 17.0 Å². The number of carbonyl (C=O) groups is 2. The lowest BCUT2D eigenvalue weighted by atomic mass is 10.1. The van der Waals surface area contributed by atoms with E-state index in [1.165, 1.54) is 36.5 Å². The van der Waals surface area contributed by atoms with Crippen molar-refractivity contribution in [3.05, 3.63) is 52.8 Å². The average Bonchev–Trinajstić information content (AvgIpc) is 2.58. The molecule has 0 unspecified atom stereocenters. The molecule has 0 aliphatic heterocycles. The summed E-state index contributed by atoms with van der Waals surface area (Å²) in [6.45, 7) is 3.13. The number of hydrogen-bond donors (Lipinski definition) is 3. The van der Waals surface area contributed by atoms with Gasteiger partial charge in [-0.25, -0.2) is 0 Å². The van der Waals surface area contributed by atoms with Crippen LogP contribution in [0.1, 0.15) is 29.9 Å². The predicted octanol–water partition coefficient (Wildman–Crippen LogP) is 2.65. The first-order valence-corrected chi connectivity index (χ1v) is 8.05. The lowest BCUT2D eigenvalue weighted by molar-refractivity contribution is -0.115. The van der Waals surface area contributed by atoms with E-state index in [1.807, 2.05) is 6.07 Å². The van der Waals surface area contributed by atoms with Gasteiger partial charge in [-0.15, -0.1) is 0 Å². The van der Waals surface area contributed by atoms with Crippen LogP contribution in [-0.2, 0) is 11.2 Å². The molecule has 7 nitrogen and oxygen atoms in total. The minimum atomic E-state index is -1.04. The molecule has 134 valence electrons. The molecule has 0 fully saturated rings. The van der Waals surface area contributed by atoms with Crippen LogP contribution >= 0.6 is 11.6 Å². The van der Waals surface area contributed by atoms with E-state index in [2.05, 4.69) is 15.6 Å². The van der Waals surface area contributed by atoms with Gasteiger partial charge in [-0.3, -0.25) is 14.6 Å². The van der Waals surface area contributed by atoms with Gasteiger partial charge in [-0.1, -0.05) is 11.6 Å². The molecular formula is C18H17ClN4O3. The quantitative estimate of drug-likeness (QED) is 0.746. The Bertz CT molecular complexity index is 890. The second kappa shape index (κ2) is 7.85. The molecule has 0 aliphatic rings. The second-order valence-electron chi connectivity index (χ2n) is 6.12. The lowest BCUT2D eigenvalue weighted by Gasteiger charge is -2.17. The zero-order valence-corrected chi connectivity index (χ0v) is 15.0. The van der Waals surface area contributed by atoms with E-state index in [0.717, 1.165) is 0 Å². The summed E-state index contributed by atoms with van der Waals surface area (Å²) in [4.78, 5) is 28.3. The zero-order valence-electron chi connectivity index (χ0n) is 14.2. The lowest BCUT2D eigenvalue weighted by Crippen LogP contribution is -2.42. The van der Waals surface area contributed by atoms with Crippen molar-refractivity contribution in [2.24, 2.45) is 0 Å². The number of benzene rings is 1. The van der Waals surface area contributed by atoms with Gasteiger partial charge in [0, 0.05) is 22.5 Å². The van der Waals surface area contributed by atoms with Crippen molar-refractivity contribution in [1.82, 2.24) is 10.3 Å². The number of pyridine rings is 1. The van der Waals surface area contributed by atoms with Gasteiger partial charge in [-0.2, -0.15) is 5.26 Å². The number of carbonyl (C=O) groups excluding carboxylic acids is 2. The maximum Gasteiger partial charge on any atom is 0.271 e. The maximum absolute atomic E-state index is 12.2. The summed E-state index contributed by atoms with van der Waals surface area (Å²) in [5.41, 5.74) is -0.219. The van der Waals surface area contributed by atoms with Crippen molar-refractivity contribution in [3.8, 4) is 11.8 Å². The molecule has 0 saturated heterocycles. The van der Waals surface area contributed by atoms with Crippen LogP contribution < -0.4 is 10.6 Å². The largest absolute Gasteiger partial charge is 0.508 e. The molecule has 1 aromatic carbocycles. The van der Waals surface area contributed by atoms with E-state index < -0.39 is 17.4 Å². The van der Waals surface area contributed by atoms with Crippen LogP contribution in [0.4, 0.5) is 5.69 Å². The molecule has 0 saturated carbocycles. The van der Waals surface area contributed by atoms with Crippen molar-refractivity contribution in [3.63, 3.8) is 0 Å². The first-order valence-electron chi connectivity index (χ1n) is 7.67. The molecule has 2 aromatic rings. The highest BCUT2D eigenvalue weighted by Gasteiger charge is 2.21. The van der Waals surface area contributed by atoms with Gasteiger partial charge in [-0.05, 0) is 44.2 Å². The van der Waals surface area contributed by atoms with E-state index in [1.54, 1.807) is 13.8 Å². The molecule has 0 atom stereocenters. The first-order chi connectivity index (χ1) is 12.2. The number of amides is 2. The van der Waals surface area contributed by atoms with Gasteiger partial charge in [0.25, 0.3) is 5.91 Å². The van der Waals surface area contributed by atoms with Crippen LogP contribution in [0.25, 0.3) is 0 Å². The number of phenolic OH excluding ortho intramolecular Hbond substituents is 1. The summed E-state index contributed by atoms with van der Waals surface area (Å²) < 4.78 is 0. The van der Waals surface area contributed by atoms with E-state index in [9.17, 15) is 14.7 Å². The minimum Gasteiger partial charge on any atom is -0.508 e. The van der Waals surface area contributed by atoms with Crippen molar-refractivity contribution in [2.75, 3.05) is 5.32 Å². The number of halogens is 1. The van der Waals surface area contributed by atoms with Crippen molar-refractivity contribution < 1.29 is 14.7 Å². The molecule has 1 aromatic heterocycles. The smallest absolute Gasteiger partial charge is 0.271 e. The number of phenols is 1. The molecule has 1 heterocycles. The molecule has 0 radical (unpaired) electrons. The van der Waals surface area contributed by atoms with Crippen LogP contribution in [0.5, 0.6) is 5.75 Å². The molecule has 26 heavy (non-hydrogen) atoms. The third-order valence-corrected chi connectivity index (χ3v) is 3.61. The SMILES string of the molecule is CC(C)(C#N)NC(=O)c1cc(NC(=O)Cc2cc(Cl)ccc2O)ccn1. The summed E-state index contributed by atoms with van der Waals surface area (Å²) in [5, 5.41) is 24.3. The Morgan fingerprint density at radius 2 is 2.04 bits per heavy atom. The molecule has 2 rings (SSSR count). The summed E-state index contributed by atoms with van der Waals surface area (Å²) in [7, 11) is 0. The Kier molecular flexibility index (Phi) is 5.80. The Labute approximate surface area is 155 Å². The molecule has 8 heteroatoms. The van der Waals surface area contributed by atoms with Crippen LogP contribution in [0.3, 0.4) is 0 Å². The average molecular weight is 373 g/mol. The molecule has 0 bridgehead atoms. The van der Waals surface area contributed by atoms with E-state index in [-0.39, 0.29) is 17.9 Å². The number of anilines is 1. The number of nitrogens with one attached hydrogen (secondary N) is 2. The maximum atomic E-state index is 12.2. The zero-order chi connectivity index (χ0) is 19.3. The topological polar surface area (TPSA) is 115 Å². The molecule has 0 aliphatic carbocycles. The van der Waals surface area contributed by atoms with Crippen molar-refractivity contribution >= 4 is 29.1 Å². The number of rotatable bonds is 5. The summed E-state index contributed by atoms with van der Waals surface area (Å²) >= 11 is 5.86. The van der Waals surface area contributed by atoms with Crippen LogP contribution in [-0.4, -0.2) is 27.4 Å². The fourth-order valence-corrected chi connectivity index (χ4v) is 2.28. The standard InChI is InChI=1S/C18H17ClN4O3/c1-18(2,10-20)23-17(26)14-9-13(5-6-21-14)22-16(25)8-11-7-12(19)3-4-15(11)24/h3-7,9,24H,8H2,1-2H3,(H,23,26)(H,21,22,25). The van der Waals surface area contributed by atoms with Crippen LogP contribution in [0, 0.1) is 11.3 Å². The van der Waals surface area contributed by atoms with E-state index >= 15 is 0 Å². The Morgan fingerprint density at radius 1 is 1.31 bits per heavy atom. The van der Waals surface area contributed by atoms with Gasteiger partial charge >= 0.3 is 0 Å². The Hall–Kier alpha value is -3.11. The summed E-state index contributed by atoms with van der Waals surface area (Å²) in [5.74, 6) is -0.948. The highest BCUT2D eigenvalue weighted by molar-refractivity contribution is 6.30. The van der Waals surface area contributed by atoms with Gasteiger partial charge in [0.2, 0.25) is 5.91 Å². The van der Waals surface area contributed by atoms with E-state index in [0.29, 0.717) is 16.3 Å². The molecule has 3 N–H and O–H groups in total. The highest BCUT2D eigenvalue weighted by Crippen LogP contribution is 2.22. The van der Waals surface area contributed by atoms with Crippen LogP contribution in [0.15, 0.2) is 36.5 Å². The van der Waals surface area contributed by atoms with Gasteiger partial charge in [0.05, 0.1) is 12.5 Å². The summed E-state index contributed by atoms with van der Waals surface area (Å²) in [6.07, 6.45) is 1.29. The predicted molar refractivity (Wildman–Crippen MR) is 96.8 cm³/mol. The van der Waals surface area contributed by atoms with E-state index in [4.69, 9.17) is 16.9 Å². The summed E-state index contributed by atoms with van der Waals surface area (Å²) in [6, 6.07) is 9.33. The van der Waals surface area contributed by atoms with Crippen molar-refractivity contribution in [2.45, 2.75) is 25.8 Å². The third-order valence-electron chi connectivity index (χ3n) is 3.37. The molecule has 0 spiro atoms. The Balaban J connectivity index is 2.08. The van der Waals surface area contributed by atoms with Crippen LogP contribution in [0.2, 0.25) is 5.02 Å². The van der Waals surface area contributed by atoms with Crippen molar-refractivity contribution in [1.29, 1.82) is 5.26 Å². The van der Waals surface area contributed by atoms with Gasteiger partial charge in [0.15, 0.2) is 0 Å². The highest BCUT2D eigenvalue weighted by atomic mass is 35.5. The second-order valence-corrected chi connectivity index (χ2v) is 6.56. The fraction of sp³-hybridized carbons (Fsp3) is 0.222. The minimum absolute atomic E-state index is 0.0296. The molecular weight excluding hydrogens is 356 g/mol. The fourth-order valence-electron chi connectivity index (χ4n) is 2.08. The monoisotopic (exact) mass is 372 g/mol. The number of nitriles is 1. The number of nitrogens with zero attached hydrogens (tertiary/aromatic N) is 2. The normalized spacial score (nSPS) is 10.7. The van der Waals surface area contributed by atoms with Gasteiger partial charge < -0.3 is 15.7 Å². The number of aromatic nitrogens is 1.